The number of halogens is 3. The maximum absolute atomic E-state index is 6.47. The summed E-state index contributed by atoms with van der Waals surface area (Å²) in [6, 6.07) is 9.22. The van der Waals surface area contributed by atoms with E-state index in [1.165, 1.54) is 0 Å². The Morgan fingerprint density at radius 3 is 2.48 bits per heavy atom. The molecule has 5 nitrogen and oxygen atoms in total. The highest BCUT2D eigenvalue weighted by Crippen LogP contribution is 2.37. The monoisotopic (exact) mass is 458 g/mol. The van der Waals surface area contributed by atoms with Crippen molar-refractivity contribution in [1.82, 2.24) is 10.2 Å². The topological polar surface area (TPSA) is 43.0 Å². The molecule has 1 N–H and O–H groups in total. The molecule has 1 aliphatic rings. The van der Waals surface area contributed by atoms with Crippen molar-refractivity contribution in [3.05, 3.63) is 56.5 Å². The minimum absolute atomic E-state index is 0.310. The van der Waals surface area contributed by atoms with Gasteiger partial charge in [-0.15, -0.1) is 0 Å². The van der Waals surface area contributed by atoms with Gasteiger partial charge in [-0.3, -0.25) is 4.90 Å². The van der Waals surface area contributed by atoms with Crippen molar-refractivity contribution in [2.75, 3.05) is 46.5 Å². The summed E-state index contributed by atoms with van der Waals surface area (Å²) >= 11 is 18.5. The number of morpholine rings is 1. The summed E-state index contributed by atoms with van der Waals surface area (Å²) in [5.41, 5.74) is 1.93. The Kier molecular flexibility index (Phi) is 8.72. The lowest BCUT2D eigenvalue weighted by Crippen LogP contribution is -2.40. The number of benzene rings is 2. The van der Waals surface area contributed by atoms with Gasteiger partial charge < -0.3 is 19.5 Å². The average Bonchev–Trinajstić information content (AvgIpc) is 2.73. The van der Waals surface area contributed by atoms with Crippen molar-refractivity contribution in [2.45, 2.75) is 13.2 Å². The van der Waals surface area contributed by atoms with Crippen LogP contribution in [0.1, 0.15) is 11.1 Å². The number of methoxy groups -OCH3 is 1. The molecule has 0 saturated carbocycles. The molecule has 2 aromatic carbocycles. The maximum Gasteiger partial charge on any atom is 0.180 e. The molecule has 0 unspecified atom stereocenters. The second-order valence-electron chi connectivity index (χ2n) is 6.78. The fourth-order valence-electron chi connectivity index (χ4n) is 3.09. The van der Waals surface area contributed by atoms with Gasteiger partial charge in [-0.05, 0) is 35.4 Å². The summed E-state index contributed by atoms with van der Waals surface area (Å²) in [5.74, 6) is 1.11. The first-order valence-electron chi connectivity index (χ1n) is 9.51. The third kappa shape index (κ3) is 6.64. The van der Waals surface area contributed by atoms with Crippen LogP contribution >= 0.6 is 34.8 Å². The average molecular weight is 460 g/mol. The number of hydrogen-bond acceptors (Lipinski definition) is 5. The fourth-order valence-corrected chi connectivity index (χ4v) is 3.70. The second-order valence-corrected chi connectivity index (χ2v) is 8.00. The molecule has 1 saturated heterocycles. The van der Waals surface area contributed by atoms with Gasteiger partial charge in [0.1, 0.15) is 6.61 Å². The zero-order chi connectivity index (χ0) is 20.6. The lowest BCUT2D eigenvalue weighted by atomic mass is 10.2. The Morgan fingerprint density at radius 1 is 1.00 bits per heavy atom. The highest BCUT2D eigenvalue weighted by atomic mass is 35.5. The van der Waals surface area contributed by atoms with E-state index in [2.05, 4.69) is 10.2 Å². The summed E-state index contributed by atoms with van der Waals surface area (Å²) in [5, 5.41) is 4.96. The van der Waals surface area contributed by atoms with Crippen LogP contribution in [0.5, 0.6) is 11.5 Å². The van der Waals surface area contributed by atoms with Crippen molar-refractivity contribution in [1.29, 1.82) is 0 Å². The summed E-state index contributed by atoms with van der Waals surface area (Å²) in [6.45, 7) is 6.53. The standard InChI is InChI=1S/C21H25Cl3N2O3/c1-27-20-12-16(13-25-4-5-26-6-8-28-9-7-26)11-19(24)21(20)29-14-15-2-3-17(22)18(23)10-15/h2-3,10-12,25H,4-9,13-14H2,1H3. The number of nitrogens with one attached hydrogen (secondary N) is 1. The van der Waals surface area contributed by atoms with Gasteiger partial charge in [-0.2, -0.15) is 0 Å². The van der Waals surface area contributed by atoms with Gasteiger partial charge >= 0.3 is 0 Å². The van der Waals surface area contributed by atoms with Crippen LogP contribution in [-0.4, -0.2) is 51.4 Å². The van der Waals surface area contributed by atoms with Crippen molar-refractivity contribution in [3.63, 3.8) is 0 Å². The molecule has 1 aliphatic heterocycles. The second kappa shape index (κ2) is 11.3. The van der Waals surface area contributed by atoms with Crippen LogP contribution in [0.15, 0.2) is 30.3 Å². The van der Waals surface area contributed by atoms with E-state index in [1.807, 2.05) is 18.2 Å². The number of hydrogen-bond donors (Lipinski definition) is 1. The Labute approximate surface area is 186 Å². The molecular formula is C21H25Cl3N2O3. The smallest absolute Gasteiger partial charge is 0.180 e. The van der Waals surface area contributed by atoms with E-state index in [0.29, 0.717) is 39.7 Å². The van der Waals surface area contributed by atoms with Crippen molar-refractivity contribution in [2.24, 2.45) is 0 Å². The first-order valence-corrected chi connectivity index (χ1v) is 10.6. The number of nitrogens with zero attached hydrogens (tertiary/aromatic N) is 1. The van der Waals surface area contributed by atoms with Crippen molar-refractivity contribution in [3.8, 4) is 11.5 Å². The Bertz CT molecular complexity index is 814. The van der Waals surface area contributed by atoms with Gasteiger partial charge in [0.25, 0.3) is 0 Å². The molecule has 2 aromatic rings. The molecule has 158 valence electrons. The summed E-state index contributed by atoms with van der Waals surface area (Å²) in [4.78, 5) is 2.39. The van der Waals surface area contributed by atoms with E-state index >= 15 is 0 Å². The summed E-state index contributed by atoms with van der Waals surface area (Å²) in [7, 11) is 1.60. The zero-order valence-electron chi connectivity index (χ0n) is 16.3. The molecule has 0 radical (unpaired) electrons. The Balaban J connectivity index is 1.55. The normalized spacial score (nSPS) is 14.8. The van der Waals surface area contributed by atoms with Crippen molar-refractivity contribution < 1.29 is 14.2 Å². The highest BCUT2D eigenvalue weighted by Gasteiger charge is 2.13. The van der Waals surface area contributed by atoms with Crippen LogP contribution in [0, 0.1) is 0 Å². The quantitative estimate of drug-likeness (QED) is 0.553. The highest BCUT2D eigenvalue weighted by molar-refractivity contribution is 6.42. The van der Waals surface area contributed by atoms with Gasteiger partial charge in [-0.1, -0.05) is 40.9 Å². The van der Waals surface area contributed by atoms with Gasteiger partial charge in [0.2, 0.25) is 0 Å². The third-order valence-corrected chi connectivity index (χ3v) is 5.71. The third-order valence-electron chi connectivity index (χ3n) is 4.69. The van der Waals surface area contributed by atoms with Crippen LogP contribution in [0.2, 0.25) is 15.1 Å². The molecule has 0 spiro atoms. The molecule has 1 heterocycles. The SMILES string of the molecule is COc1cc(CNCCN2CCOCC2)cc(Cl)c1OCc1ccc(Cl)c(Cl)c1. The lowest BCUT2D eigenvalue weighted by molar-refractivity contribution is 0.0384. The summed E-state index contributed by atoms with van der Waals surface area (Å²) in [6.07, 6.45) is 0. The fraction of sp³-hybridized carbons (Fsp3) is 0.429. The first-order chi connectivity index (χ1) is 14.1. The molecule has 0 aliphatic carbocycles. The largest absolute Gasteiger partial charge is 0.493 e. The van der Waals surface area contributed by atoms with E-state index in [9.17, 15) is 0 Å². The first kappa shape index (κ1) is 22.5. The van der Waals surface area contributed by atoms with E-state index in [-0.39, 0.29) is 0 Å². The van der Waals surface area contributed by atoms with Crippen LogP contribution in [0.4, 0.5) is 0 Å². The van der Waals surface area contributed by atoms with Gasteiger partial charge in [-0.25, -0.2) is 0 Å². The molecule has 1 fully saturated rings. The van der Waals surface area contributed by atoms with Gasteiger partial charge in [0.05, 0.1) is 35.4 Å². The van der Waals surface area contributed by atoms with Crippen molar-refractivity contribution >= 4 is 34.8 Å². The van der Waals surface area contributed by atoms with Crippen LogP contribution in [-0.2, 0) is 17.9 Å². The lowest BCUT2D eigenvalue weighted by Gasteiger charge is -2.26. The molecule has 29 heavy (non-hydrogen) atoms. The zero-order valence-corrected chi connectivity index (χ0v) is 18.6. The molecule has 0 bridgehead atoms. The predicted octanol–water partition coefficient (Wildman–Crippen LogP) is 4.66. The van der Waals surface area contributed by atoms with Crippen LogP contribution < -0.4 is 14.8 Å². The van der Waals surface area contributed by atoms with E-state index in [1.54, 1.807) is 19.2 Å². The Morgan fingerprint density at radius 2 is 1.76 bits per heavy atom. The van der Waals surface area contributed by atoms with Crippen LogP contribution in [0.25, 0.3) is 0 Å². The molecule has 0 aromatic heterocycles. The van der Waals surface area contributed by atoms with E-state index in [4.69, 9.17) is 49.0 Å². The number of ether oxygens (including phenoxy) is 3. The Hall–Kier alpha value is -1.21. The van der Waals surface area contributed by atoms with E-state index in [0.717, 1.165) is 50.5 Å². The molecule has 0 atom stereocenters. The minimum Gasteiger partial charge on any atom is -0.493 e. The number of rotatable bonds is 9. The molecule has 3 rings (SSSR count). The predicted molar refractivity (Wildman–Crippen MR) is 118 cm³/mol. The van der Waals surface area contributed by atoms with Gasteiger partial charge in [0.15, 0.2) is 11.5 Å². The minimum atomic E-state index is 0.310. The van der Waals surface area contributed by atoms with Gasteiger partial charge in [0, 0.05) is 32.7 Å². The summed E-state index contributed by atoms with van der Waals surface area (Å²) < 4.78 is 16.8. The van der Waals surface area contributed by atoms with Crippen LogP contribution in [0.3, 0.4) is 0 Å². The van der Waals surface area contributed by atoms with E-state index < -0.39 is 0 Å². The molecule has 0 amide bonds. The molecule has 8 heteroatoms. The molecular weight excluding hydrogens is 435 g/mol. The maximum atomic E-state index is 6.47.